The molecule has 0 amide bonds. The van der Waals surface area contributed by atoms with E-state index in [0.29, 0.717) is 5.02 Å². The van der Waals surface area contributed by atoms with E-state index >= 15 is 0 Å². The zero-order valence-electron chi connectivity index (χ0n) is 12.3. The van der Waals surface area contributed by atoms with Crippen LogP contribution in [0.5, 0.6) is 0 Å². The average Bonchev–Trinajstić information content (AvgIpc) is 2.77. The highest BCUT2D eigenvalue weighted by atomic mass is 35.5. The Morgan fingerprint density at radius 2 is 2.11 bits per heavy atom. The Labute approximate surface area is 120 Å². The molecule has 0 aromatic carbocycles. The highest BCUT2D eigenvalue weighted by molar-refractivity contribution is 6.31. The van der Waals surface area contributed by atoms with E-state index in [0.717, 1.165) is 38.0 Å². The molecule has 0 spiro atoms. The van der Waals surface area contributed by atoms with Gasteiger partial charge in [0.25, 0.3) is 0 Å². The standard InChI is InChI=1S/C14H24ClN3O/c1-13(2)5-6-14(19,10-13)12-11(15)9-16-18(12)8-7-17(3)4/h9,19H,5-8,10H2,1-4H3. The van der Waals surface area contributed by atoms with Crippen molar-refractivity contribution in [3.05, 3.63) is 16.9 Å². The number of likely N-dealkylation sites (N-methyl/N-ethyl adjacent to an activating group) is 1. The van der Waals surface area contributed by atoms with Gasteiger partial charge < -0.3 is 10.0 Å². The van der Waals surface area contributed by atoms with Crippen LogP contribution in [-0.4, -0.2) is 40.4 Å². The van der Waals surface area contributed by atoms with Crippen LogP contribution in [0.3, 0.4) is 0 Å². The number of rotatable bonds is 4. The van der Waals surface area contributed by atoms with Crippen LogP contribution in [0.4, 0.5) is 0 Å². The Morgan fingerprint density at radius 1 is 1.42 bits per heavy atom. The van der Waals surface area contributed by atoms with E-state index in [4.69, 9.17) is 11.6 Å². The molecule has 1 saturated carbocycles. The minimum atomic E-state index is -0.830. The molecule has 19 heavy (non-hydrogen) atoms. The summed E-state index contributed by atoms with van der Waals surface area (Å²) in [6.45, 7) is 6.01. The topological polar surface area (TPSA) is 41.3 Å². The van der Waals surface area contributed by atoms with Crippen molar-refractivity contribution in [3.63, 3.8) is 0 Å². The van der Waals surface area contributed by atoms with Gasteiger partial charge in [-0.2, -0.15) is 5.10 Å². The molecule has 1 heterocycles. The second kappa shape index (κ2) is 5.08. The van der Waals surface area contributed by atoms with Gasteiger partial charge >= 0.3 is 0 Å². The van der Waals surface area contributed by atoms with Crippen molar-refractivity contribution in [2.24, 2.45) is 5.41 Å². The third-order valence-corrected chi connectivity index (χ3v) is 4.26. The molecule has 0 bridgehead atoms. The van der Waals surface area contributed by atoms with Crippen molar-refractivity contribution in [1.29, 1.82) is 0 Å². The van der Waals surface area contributed by atoms with Crippen molar-refractivity contribution >= 4 is 11.6 Å². The van der Waals surface area contributed by atoms with Gasteiger partial charge in [-0.05, 0) is 38.8 Å². The summed E-state index contributed by atoms with van der Waals surface area (Å²) in [5, 5.41) is 15.9. The van der Waals surface area contributed by atoms with Crippen molar-refractivity contribution < 1.29 is 5.11 Å². The van der Waals surface area contributed by atoms with E-state index in [-0.39, 0.29) is 5.41 Å². The summed E-state index contributed by atoms with van der Waals surface area (Å²) < 4.78 is 1.86. The predicted octanol–water partition coefficient (Wildman–Crippen LogP) is 2.50. The lowest BCUT2D eigenvalue weighted by molar-refractivity contribution is 0.0245. The third-order valence-electron chi connectivity index (χ3n) is 3.98. The van der Waals surface area contributed by atoms with Crippen LogP contribution >= 0.6 is 11.6 Å². The first kappa shape index (κ1) is 14.8. The smallest absolute Gasteiger partial charge is 0.108 e. The Bertz CT molecular complexity index is 456. The van der Waals surface area contributed by atoms with Crippen LogP contribution in [0.2, 0.25) is 5.02 Å². The number of hydrogen-bond acceptors (Lipinski definition) is 3. The van der Waals surface area contributed by atoms with Crippen LogP contribution in [0, 0.1) is 5.41 Å². The average molecular weight is 286 g/mol. The zero-order valence-corrected chi connectivity index (χ0v) is 13.0. The van der Waals surface area contributed by atoms with E-state index in [9.17, 15) is 5.11 Å². The molecular formula is C14H24ClN3O. The molecule has 0 saturated heterocycles. The molecular weight excluding hydrogens is 262 g/mol. The zero-order chi connectivity index (χ0) is 14.3. The number of hydrogen-bond donors (Lipinski definition) is 1. The summed E-state index contributed by atoms with van der Waals surface area (Å²) in [4.78, 5) is 2.10. The lowest BCUT2D eigenvalue weighted by Gasteiger charge is -2.27. The van der Waals surface area contributed by atoms with Gasteiger partial charge in [-0.15, -0.1) is 0 Å². The van der Waals surface area contributed by atoms with Crippen LogP contribution in [0.15, 0.2) is 6.20 Å². The van der Waals surface area contributed by atoms with Crippen LogP contribution in [0.1, 0.15) is 38.8 Å². The molecule has 1 aliphatic carbocycles. The number of aliphatic hydroxyl groups is 1. The molecule has 1 aliphatic rings. The Hall–Kier alpha value is -0.580. The molecule has 0 radical (unpaired) electrons. The maximum atomic E-state index is 11.0. The summed E-state index contributed by atoms with van der Waals surface area (Å²) >= 11 is 6.27. The van der Waals surface area contributed by atoms with E-state index in [1.54, 1.807) is 6.20 Å². The van der Waals surface area contributed by atoms with Crippen molar-refractivity contribution in [2.45, 2.75) is 45.3 Å². The van der Waals surface area contributed by atoms with Gasteiger partial charge in [-0.3, -0.25) is 4.68 Å². The van der Waals surface area contributed by atoms with Crippen LogP contribution in [0.25, 0.3) is 0 Å². The Morgan fingerprint density at radius 3 is 2.63 bits per heavy atom. The number of aromatic nitrogens is 2. The molecule has 1 N–H and O–H groups in total. The molecule has 4 nitrogen and oxygen atoms in total. The SMILES string of the molecule is CN(C)CCn1ncc(Cl)c1C1(O)CCC(C)(C)C1. The third kappa shape index (κ3) is 3.12. The predicted molar refractivity (Wildman–Crippen MR) is 77.3 cm³/mol. The molecule has 1 atom stereocenters. The van der Waals surface area contributed by atoms with Crippen molar-refractivity contribution in [1.82, 2.24) is 14.7 Å². The van der Waals surface area contributed by atoms with E-state index in [1.807, 2.05) is 18.8 Å². The normalized spacial score (nSPS) is 26.3. The minimum absolute atomic E-state index is 0.161. The quantitative estimate of drug-likeness (QED) is 0.924. The second-order valence-electron chi connectivity index (χ2n) is 6.74. The molecule has 2 rings (SSSR count). The summed E-state index contributed by atoms with van der Waals surface area (Å²) in [6.07, 6.45) is 4.16. The Kier molecular flexibility index (Phi) is 3.96. The van der Waals surface area contributed by atoms with Crippen LogP contribution in [-0.2, 0) is 12.1 Å². The van der Waals surface area contributed by atoms with Gasteiger partial charge in [0.15, 0.2) is 0 Å². The van der Waals surface area contributed by atoms with Gasteiger partial charge in [0.2, 0.25) is 0 Å². The monoisotopic (exact) mass is 285 g/mol. The molecule has 1 aromatic rings. The maximum Gasteiger partial charge on any atom is 0.108 e. The summed E-state index contributed by atoms with van der Waals surface area (Å²) in [6, 6.07) is 0. The maximum absolute atomic E-state index is 11.0. The molecule has 1 fully saturated rings. The largest absolute Gasteiger partial charge is 0.383 e. The summed E-state index contributed by atoms with van der Waals surface area (Å²) in [7, 11) is 4.05. The number of nitrogens with zero attached hydrogens (tertiary/aromatic N) is 3. The van der Waals surface area contributed by atoms with Gasteiger partial charge in [0, 0.05) is 6.54 Å². The highest BCUT2D eigenvalue weighted by Gasteiger charge is 2.46. The molecule has 5 heteroatoms. The fourth-order valence-corrected chi connectivity index (χ4v) is 3.32. The summed E-state index contributed by atoms with van der Waals surface area (Å²) in [5.74, 6) is 0. The molecule has 1 unspecified atom stereocenters. The van der Waals surface area contributed by atoms with Crippen molar-refractivity contribution in [2.75, 3.05) is 20.6 Å². The first-order valence-corrected chi connectivity index (χ1v) is 7.20. The van der Waals surface area contributed by atoms with Gasteiger partial charge in [0.05, 0.1) is 23.5 Å². The first-order chi connectivity index (χ1) is 8.73. The molecule has 108 valence electrons. The Balaban J connectivity index is 2.26. The van der Waals surface area contributed by atoms with E-state index < -0.39 is 5.60 Å². The molecule has 0 aliphatic heterocycles. The lowest BCUT2D eigenvalue weighted by atomic mass is 9.88. The molecule has 1 aromatic heterocycles. The van der Waals surface area contributed by atoms with Crippen LogP contribution < -0.4 is 0 Å². The van der Waals surface area contributed by atoms with Gasteiger partial charge in [-0.25, -0.2) is 0 Å². The lowest BCUT2D eigenvalue weighted by Crippen LogP contribution is -2.29. The summed E-state index contributed by atoms with van der Waals surface area (Å²) in [5.41, 5.74) is 0.125. The van der Waals surface area contributed by atoms with Crippen molar-refractivity contribution in [3.8, 4) is 0 Å². The fraction of sp³-hybridized carbons (Fsp3) is 0.786. The van der Waals surface area contributed by atoms with Gasteiger partial charge in [-0.1, -0.05) is 25.4 Å². The highest BCUT2D eigenvalue weighted by Crippen LogP contribution is 2.50. The van der Waals surface area contributed by atoms with Gasteiger partial charge in [0.1, 0.15) is 5.60 Å². The first-order valence-electron chi connectivity index (χ1n) is 6.82. The number of halogens is 1. The second-order valence-corrected chi connectivity index (χ2v) is 7.15. The van der Waals surface area contributed by atoms with E-state index in [1.165, 1.54) is 0 Å². The van der Waals surface area contributed by atoms with E-state index in [2.05, 4.69) is 23.8 Å². The minimum Gasteiger partial charge on any atom is -0.383 e. The fourth-order valence-electron chi connectivity index (χ4n) is 3.01.